The molecule has 2 N–H and O–H groups in total. The van der Waals surface area contributed by atoms with E-state index in [2.05, 4.69) is 22.0 Å². The molecule has 2 nitrogen and oxygen atoms in total. The van der Waals surface area contributed by atoms with Gasteiger partial charge in [0.1, 0.15) is 5.76 Å². The molecule has 80 valence electrons. The Balaban J connectivity index is 2.06. The molecule has 0 aliphatic rings. The molecule has 1 atom stereocenters. The van der Waals surface area contributed by atoms with E-state index in [1.807, 2.05) is 12.1 Å². The van der Waals surface area contributed by atoms with E-state index in [4.69, 9.17) is 21.8 Å². The second-order valence-electron chi connectivity index (χ2n) is 3.16. The van der Waals surface area contributed by atoms with Crippen molar-refractivity contribution in [2.24, 2.45) is 5.73 Å². The number of rotatable bonds is 3. The van der Waals surface area contributed by atoms with Crippen molar-refractivity contribution in [1.82, 2.24) is 0 Å². The third-order valence-electron chi connectivity index (χ3n) is 2.01. The van der Waals surface area contributed by atoms with Gasteiger partial charge in [0.15, 0.2) is 5.22 Å². The van der Waals surface area contributed by atoms with Crippen LogP contribution in [-0.4, -0.2) is 0 Å². The van der Waals surface area contributed by atoms with E-state index in [9.17, 15) is 0 Å². The summed E-state index contributed by atoms with van der Waals surface area (Å²) in [6.45, 7) is 0. The van der Waals surface area contributed by atoms with Crippen molar-refractivity contribution in [2.75, 3.05) is 0 Å². The summed E-state index contributed by atoms with van der Waals surface area (Å²) in [6.07, 6.45) is 0.764. The molecule has 0 fully saturated rings. The van der Waals surface area contributed by atoms with Crippen LogP contribution < -0.4 is 5.73 Å². The Kier molecular flexibility index (Phi) is 3.51. The van der Waals surface area contributed by atoms with Crippen molar-refractivity contribution in [3.63, 3.8) is 0 Å². The topological polar surface area (TPSA) is 39.2 Å². The third-order valence-corrected chi connectivity index (χ3v) is 3.86. The first-order valence-electron chi connectivity index (χ1n) is 4.40. The van der Waals surface area contributed by atoms with Crippen molar-refractivity contribution < 1.29 is 4.42 Å². The molecule has 2 heterocycles. The molecule has 0 bridgehead atoms. The van der Waals surface area contributed by atoms with Crippen LogP contribution in [0.2, 0.25) is 5.22 Å². The van der Waals surface area contributed by atoms with Crippen LogP contribution in [0.5, 0.6) is 0 Å². The Morgan fingerprint density at radius 3 is 2.73 bits per heavy atom. The van der Waals surface area contributed by atoms with E-state index >= 15 is 0 Å². The van der Waals surface area contributed by atoms with Crippen LogP contribution in [0.4, 0.5) is 0 Å². The fourth-order valence-corrected chi connectivity index (χ4v) is 3.00. The molecule has 0 radical (unpaired) electrons. The number of furan rings is 1. The first-order chi connectivity index (χ1) is 7.15. The molecule has 0 saturated carbocycles. The van der Waals surface area contributed by atoms with Crippen LogP contribution in [0.3, 0.4) is 0 Å². The average Bonchev–Trinajstić information content (AvgIpc) is 2.75. The lowest BCUT2D eigenvalue weighted by Crippen LogP contribution is -2.11. The van der Waals surface area contributed by atoms with Gasteiger partial charge < -0.3 is 10.2 Å². The number of hydrogen-bond acceptors (Lipinski definition) is 3. The van der Waals surface area contributed by atoms with E-state index in [0.29, 0.717) is 5.22 Å². The number of halogens is 2. The van der Waals surface area contributed by atoms with Crippen LogP contribution >= 0.6 is 38.9 Å². The highest BCUT2D eigenvalue weighted by atomic mass is 79.9. The van der Waals surface area contributed by atoms with Gasteiger partial charge >= 0.3 is 0 Å². The minimum absolute atomic E-state index is 0.136. The molecule has 15 heavy (non-hydrogen) atoms. The lowest BCUT2D eigenvalue weighted by Gasteiger charge is -2.06. The summed E-state index contributed by atoms with van der Waals surface area (Å²) in [7, 11) is 0. The Morgan fingerprint density at radius 1 is 1.40 bits per heavy atom. The van der Waals surface area contributed by atoms with Crippen molar-refractivity contribution in [2.45, 2.75) is 12.5 Å². The highest BCUT2D eigenvalue weighted by Crippen LogP contribution is 2.27. The summed E-state index contributed by atoms with van der Waals surface area (Å²) < 4.78 is 6.37. The average molecular weight is 307 g/mol. The van der Waals surface area contributed by atoms with E-state index in [1.165, 1.54) is 4.88 Å². The van der Waals surface area contributed by atoms with Gasteiger partial charge in [0.05, 0.1) is 9.83 Å². The highest BCUT2D eigenvalue weighted by molar-refractivity contribution is 9.11. The summed E-state index contributed by atoms with van der Waals surface area (Å²) in [6, 6.07) is 7.46. The molecule has 2 aromatic heterocycles. The zero-order valence-electron chi connectivity index (χ0n) is 7.74. The maximum absolute atomic E-state index is 5.99. The monoisotopic (exact) mass is 305 g/mol. The van der Waals surface area contributed by atoms with Crippen molar-refractivity contribution >= 4 is 38.9 Å². The summed E-state index contributed by atoms with van der Waals surface area (Å²) in [5.41, 5.74) is 5.99. The van der Waals surface area contributed by atoms with E-state index < -0.39 is 0 Å². The lowest BCUT2D eigenvalue weighted by atomic mass is 10.1. The number of nitrogens with two attached hydrogens (primary N) is 1. The van der Waals surface area contributed by atoms with Gasteiger partial charge in [0.2, 0.25) is 0 Å². The summed E-state index contributed by atoms with van der Waals surface area (Å²) in [4.78, 5) is 1.22. The Hall–Kier alpha value is -0.290. The Bertz CT molecular complexity index is 454. The van der Waals surface area contributed by atoms with Crippen LogP contribution in [0.25, 0.3) is 0 Å². The van der Waals surface area contributed by atoms with Crippen LogP contribution in [0.15, 0.2) is 32.5 Å². The van der Waals surface area contributed by atoms with E-state index in [1.54, 1.807) is 17.4 Å². The van der Waals surface area contributed by atoms with E-state index in [0.717, 1.165) is 16.0 Å². The van der Waals surface area contributed by atoms with Gasteiger partial charge in [0.25, 0.3) is 0 Å². The molecule has 0 aliphatic carbocycles. The quantitative estimate of drug-likeness (QED) is 0.931. The summed E-state index contributed by atoms with van der Waals surface area (Å²) in [5, 5.41) is 0.382. The SMILES string of the molecule is NC(Cc1ccc(Br)s1)c1ccc(Cl)o1. The fourth-order valence-electron chi connectivity index (χ4n) is 1.31. The van der Waals surface area contributed by atoms with Gasteiger partial charge in [-0.25, -0.2) is 0 Å². The first kappa shape index (κ1) is 11.2. The molecular weight excluding hydrogens is 298 g/mol. The van der Waals surface area contributed by atoms with E-state index in [-0.39, 0.29) is 6.04 Å². The maximum Gasteiger partial charge on any atom is 0.193 e. The molecular formula is C10H9BrClNOS. The summed E-state index contributed by atoms with van der Waals surface area (Å²) >= 11 is 10.8. The van der Waals surface area contributed by atoms with Gasteiger partial charge in [-0.05, 0) is 51.8 Å². The predicted molar refractivity (Wildman–Crippen MR) is 66.4 cm³/mol. The van der Waals surface area contributed by atoms with Crippen LogP contribution in [0, 0.1) is 0 Å². The molecule has 0 amide bonds. The lowest BCUT2D eigenvalue weighted by molar-refractivity contribution is 0.467. The second kappa shape index (κ2) is 4.70. The minimum atomic E-state index is -0.136. The molecule has 0 aliphatic heterocycles. The molecule has 0 aromatic carbocycles. The Labute approximate surface area is 105 Å². The van der Waals surface area contributed by atoms with Crippen LogP contribution in [0.1, 0.15) is 16.7 Å². The minimum Gasteiger partial charge on any atom is -0.448 e. The van der Waals surface area contributed by atoms with Crippen molar-refractivity contribution in [3.8, 4) is 0 Å². The second-order valence-corrected chi connectivity index (χ2v) is 6.08. The van der Waals surface area contributed by atoms with Crippen molar-refractivity contribution in [1.29, 1.82) is 0 Å². The number of hydrogen-bond donors (Lipinski definition) is 1. The molecule has 0 saturated heterocycles. The normalized spacial score (nSPS) is 13.0. The molecule has 0 spiro atoms. The van der Waals surface area contributed by atoms with Gasteiger partial charge in [-0.15, -0.1) is 11.3 Å². The van der Waals surface area contributed by atoms with Crippen LogP contribution in [-0.2, 0) is 6.42 Å². The van der Waals surface area contributed by atoms with Crippen molar-refractivity contribution in [3.05, 3.63) is 43.9 Å². The van der Waals surface area contributed by atoms with Gasteiger partial charge in [0, 0.05) is 11.3 Å². The van der Waals surface area contributed by atoms with Gasteiger partial charge in [-0.1, -0.05) is 0 Å². The zero-order chi connectivity index (χ0) is 10.8. The first-order valence-corrected chi connectivity index (χ1v) is 6.39. The fraction of sp³-hybridized carbons (Fsp3) is 0.200. The molecule has 2 rings (SSSR count). The summed E-state index contributed by atoms with van der Waals surface area (Å²) in [5.74, 6) is 0.726. The smallest absolute Gasteiger partial charge is 0.193 e. The maximum atomic E-state index is 5.99. The Morgan fingerprint density at radius 2 is 2.20 bits per heavy atom. The van der Waals surface area contributed by atoms with Gasteiger partial charge in [-0.2, -0.15) is 0 Å². The predicted octanol–water partition coefficient (Wildman–Crippen LogP) is 4.00. The molecule has 2 aromatic rings. The standard InChI is InChI=1S/C10H9BrClNOS/c11-9-3-1-6(15-9)5-7(13)8-2-4-10(12)14-8/h1-4,7H,5,13H2. The molecule has 1 unspecified atom stereocenters. The third kappa shape index (κ3) is 2.84. The zero-order valence-corrected chi connectivity index (χ0v) is 10.9. The highest BCUT2D eigenvalue weighted by Gasteiger charge is 2.12. The largest absolute Gasteiger partial charge is 0.448 e. The molecule has 5 heteroatoms. The number of thiophene rings is 1. The van der Waals surface area contributed by atoms with Gasteiger partial charge in [-0.3, -0.25) is 0 Å².